The molecule has 0 aliphatic heterocycles. The molecule has 0 bridgehead atoms. The van der Waals surface area contributed by atoms with Crippen LogP contribution in [0.25, 0.3) is 0 Å². The summed E-state index contributed by atoms with van der Waals surface area (Å²) in [4.78, 5) is 10.6. The second kappa shape index (κ2) is 4.61. The quantitative estimate of drug-likeness (QED) is 0.692. The van der Waals surface area contributed by atoms with E-state index in [4.69, 9.17) is 5.11 Å². The Labute approximate surface area is 79.8 Å². The lowest BCUT2D eigenvalue weighted by Gasteiger charge is -2.35. The zero-order chi connectivity index (χ0) is 10.6. The Morgan fingerprint density at radius 1 is 1.31 bits per heavy atom. The molecule has 0 aliphatic carbocycles. The molecule has 0 saturated carbocycles. The van der Waals surface area contributed by atoms with Gasteiger partial charge in [-0.15, -0.1) is 0 Å². The van der Waals surface area contributed by atoms with Crippen molar-refractivity contribution in [2.45, 2.75) is 46.6 Å². The first-order valence-corrected chi connectivity index (χ1v) is 4.78. The maximum absolute atomic E-state index is 10.6. The maximum Gasteiger partial charge on any atom is 0.333 e. The van der Waals surface area contributed by atoms with E-state index in [0.29, 0.717) is 0 Å². The van der Waals surface area contributed by atoms with Crippen LogP contribution in [0.15, 0.2) is 0 Å². The van der Waals surface area contributed by atoms with Crippen molar-refractivity contribution in [2.75, 3.05) is 0 Å². The molecule has 0 spiro atoms. The van der Waals surface area contributed by atoms with Crippen LogP contribution in [0, 0.1) is 11.3 Å². The van der Waals surface area contributed by atoms with Gasteiger partial charge in [-0.1, -0.05) is 40.5 Å². The summed E-state index contributed by atoms with van der Waals surface area (Å²) in [6, 6.07) is 0. The molecule has 1 unspecified atom stereocenters. The molecule has 0 saturated heterocycles. The number of carbonyl (C=O) groups is 1. The Bertz CT molecular complexity index is 171. The van der Waals surface area contributed by atoms with Crippen molar-refractivity contribution in [1.82, 2.24) is 0 Å². The Hall–Kier alpha value is -0.570. The van der Waals surface area contributed by atoms with Gasteiger partial charge in [0, 0.05) is 5.41 Å². The highest BCUT2D eigenvalue weighted by atomic mass is 16.4. The number of carboxylic acids is 1. The summed E-state index contributed by atoms with van der Waals surface area (Å²) in [5.41, 5.74) is -0.546. The molecule has 0 aliphatic rings. The smallest absolute Gasteiger partial charge is 0.333 e. The van der Waals surface area contributed by atoms with Crippen LogP contribution in [0.3, 0.4) is 0 Å². The van der Waals surface area contributed by atoms with E-state index in [2.05, 4.69) is 0 Å². The molecule has 0 amide bonds. The van der Waals surface area contributed by atoms with E-state index >= 15 is 0 Å². The zero-order valence-corrected chi connectivity index (χ0v) is 8.87. The summed E-state index contributed by atoms with van der Waals surface area (Å²) in [6.07, 6.45) is 0.527. The number of aliphatic carboxylic acids is 1. The van der Waals surface area contributed by atoms with Crippen molar-refractivity contribution in [2.24, 2.45) is 11.3 Å². The Morgan fingerprint density at radius 3 is 1.92 bits per heavy atom. The van der Waals surface area contributed by atoms with Gasteiger partial charge in [0.2, 0.25) is 0 Å². The monoisotopic (exact) mass is 188 g/mol. The minimum atomic E-state index is -1.27. The van der Waals surface area contributed by atoms with Crippen LogP contribution in [0.5, 0.6) is 0 Å². The third kappa shape index (κ3) is 2.69. The summed E-state index contributed by atoms with van der Waals surface area (Å²) >= 11 is 0. The molecule has 0 rings (SSSR count). The van der Waals surface area contributed by atoms with Crippen LogP contribution >= 0.6 is 0 Å². The third-order valence-electron chi connectivity index (χ3n) is 2.98. The van der Waals surface area contributed by atoms with Gasteiger partial charge >= 0.3 is 5.97 Å². The number of carboxylic acid groups (broad SMARTS) is 1. The molecule has 0 fully saturated rings. The average molecular weight is 188 g/mol. The molecule has 0 aromatic heterocycles. The largest absolute Gasteiger partial charge is 0.479 e. The summed E-state index contributed by atoms with van der Waals surface area (Å²) in [5, 5.41) is 18.2. The SMILES string of the molecule is CCC(CC)C(C)(C)C(O)C(=O)O. The maximum atomic E-state index is 10.6. The van der Waals surface area contributed by atoms with Gasteiger partial charge < -0.3 is 10.2 Å². The normalized spacial score (nSPS) is 14.6. The number of rotatable bonds is 5. The Morgan fingerprint density at radius 2 is 1.69 bits per heavy atom. The van der Waals surface area contributed by atoms with E-state index in [1.807, 2.05) is 27.7 Å². The molecular weight excluding hydrogens is 168 g/mol. The summed E-state index contributed by atoms with van der Waals surface area (Å²) in [6.45, 7) is 7.65. The van der Waals surface area contributed by atoms with Crippen LogP contribution in [-0.4, -0.2) is 22.3 Å². The molecule has 0 radical (unpaired) electrons. The second-order valence-electron chi connectivity index (χ2n) is 4.08. The summed E-state index contributed by atoms with van der Waals surface area (Å²) in [7, 11) is 0. The molecule has 13 heavy (non-hydrogen) atoms. The first-order valence-electron chi connectivity index (χ1n) is 4.78. The highest BCUT2D eigenvalue weighted by Crippen LogP contribution is 2.35. The lowest BCUT2D eigenvalue weighted by molar-refractivity contribution is -0.155. The number of aliphatic hydroxyl groups excluding tert-OH is 1. The van der Waals surface area contributed by atoms with E-state index in [9.17, 15) is 9.90 Å². The van der Waals surface area contributed by atoms with Crippen molar-refractivity contribution >= 4 is 5.97 Å². The number of hydrogen-bond donors (Lipinski definition) is 2. The number of hydrogen-bond acceptors (Lipinski definition) is 2. The Kier molecular flexibility index (Phi) is 4.40. The second-order valence-corrected chi connectivity index (χ2v) is 4.08. The van der Waals surface area contributed by atoms with Gasteiger partial charge in [0.15, 0.2) is 6.10 Å². The van der Waals surface area contributed by atoms with Gasteiger partial charge in [0.1, 0.15) is 0 Å². The molecular formula is C10H20O3. The van der Waals surface area contributed by atoms with Crippen LogP contribution in [0.4, 0.5) is 0 Å². The summed E-state index contributed by atoms with van der Waals surface area (Å²) in [5.74, 6) is -0.879. The standard InChI is InChI=1S/C10H20O3/c1-5-7(6-2)10(3,4)8(11)9(12)13/h7-8,11H,5-6H2,1-4H3,(H,12,13). The van der Waals surface area contributed by atoms with Gasteiger partial charge in [0.05, 0.1) is 0 Å². The van der Waals surface area contributed by atoms with E-state index in [-0.39, 0.29) is 5.92 Å². The van der Waals surface area contributed by atoms with Gasteiger partial charge in [0.25, 0.3) is 0 Å². The first kappa shape index (κ1) is 12.4. The van der Waals surface area contributed by atoms with Gasteiger partial charge in [-0.25, -0.2) is 4.79 Å². The molecule has 0 heterocycles. The molecule has 0 aromatic carbocycles. The highest BCUT2D eigenvalue weighted by Gasteiger charge is 2.38. The van der Waals surface area contributed by atoms with E-state index < -0.39 is 17.5 Å². The first-order chi connectivity index (χ1) is 5.87. The van der Waals surface area contributed by atoms with E-state index in [1.54, 1.807) is 0 Å². The van der Waals surface area contributed by atoms with Crippen molar-refractivity contribution < 1.29 is 15.0 Å². The Balaban J connectivity index is 4.60. The fraction of sp³-hybridized carbons (Fsp3) is 0.900. The molecule has 3 heteroatoms. The fourth-order valence-corrected chi connectivity index (χ4v) is 1.88. The van der Waals surface area contributed by atoms with E-state index in [1.165, 1.54) is 0 Å². The third-order valence-corrected chi connectivity index (χ3v) is 2.98. The van der Waals surface area contributed by atoms with E-state index in [0.717, 1.165) is 12.8 Å². The zero-order valence-electron chi connectivity index (χ0n) is 8.87. The van der Waals surface area contributed by atoms with Crippen LogP contribution in [0.2, 0.25) is 0 Å². The van der Waals surface area contributed by atoms with Crippen LogP contribution in [-0.2, 0) is 4.79 Å². The topological polar surface area (TPSA) is 57.5 Å². The van der Waals surface area contributed by atoms with Crippen molar-refractivity contribution in [3.63, 3.8) is 0 Å². The predicted octanol–water partition coefficient (Wildman–Crippen LogP) is 1.89. The molecule has 0 aromatic rings. The average Bonchev–Trinajstić information content (AvgIpc) is 2.04. The molecule has 1 atom stereocenters. The van der Waals surface area contributed by atoms with Crippen LogP contribution in [0.1, 0.15) is 40.5 Å². The fourth-order valence-electron chi connectivity index (χ4n) is 1.88. The van der Waals surface area contributed by atoms with Gasteiger partial charge in [-0.2, -0.15) is 0 Å². The minimum absolute atomic E-state index is 0.249. The minimum Gasteiger partial charge on any atom is -0.479 e. The lowest BCUT2D eigenvalue weighted by atomic mass is 9.72. The predicted molar refractivity (Wildman–Crippen MR) is 51.5 cm³/mol. The highest BCUT2D eigenvalue weighted by molar-refractivity contribution is 5.73. The van der Waals surface area contributed by atoms with Crippen molar-refractivity contribution in [3.8, 4) is 0 Å². The molecule has 3 nitrogen and oxygen atoms in total. The summed E-state index contributed by atoms with van der Waals surface area (Å²) < 4.78 is 0. The van der Waals surface area contributed by atoms with Gasteiger partial charge in [-0.3, -0.25) is 0 Å². The number of aliphatic hydroxyl groups is 1. The van der Waals surface area contributed by atoms with Crippen LogP contribution < -0.4 is 0 Å². The lowest BCUT2D eigenvalue weighted by Crippen LogP contribution is -2.41. The van der Waals surface area contributed by atoms with Crippen molar-refractivity contribution in [1.29, 1.82) is 0 Å². The van der Waals surface area contributed by atoms with Crippen molar-refractivity contribution in [3.05, 3.63) is 0 Å². The molecule has 78 valence electrons. The molecule has 2 N–H and O–H groups in total. The van der Waals surface area contributed by atoms with Gasteiger partial charge in [-0.05, 0) is 5.92 Å².